The van der Waals surface area contributed by atoms with E-state index in [1.54, 1.807) is 0 Å². The summed E-state index contributed by atoms with van der Waals surface area (Å²) >= 11 is 0. The van der Waals surface area contributed by atoms with Crippen LogP contribution in [0.15, 0.2) is 0 Å². The van der Waals surface area contributed by atoms with Gasteiger partial charge in [-0.1, -0.05) is 60.8 Å². The molecule has 124 valence electrons. The van der Waals surface area contributed by atoms with Gasteiger partial charge in [-0.2, -0.15) is 0 Å². The Kier molecular flexibility index (Phi) is 5.13. The van der Waals surface area contributed by atoms with E-state index in [4.69, 9.17) is 0 Å². The molecule has 0 aromatic heterocycles. The Bertz CT molecular complexity index is 301. The SMILES string of the molecule is CC(C)(C)C1(C(C)(C)C)CCN(CC2CCCCC2)CC1. The highest BCUT2D eigenvalue weighted by atomic mass is 15.1. The topological polar surface area (TPSA) is 3.24 Å². The van der Waals surface area contributed by atoms with Crippen molar-refractivity contribution < 1.29 is 0 Å². The molecule has 1 nitrogen and oxygen atoms in total. The van der Waals surface area contributed by atoms with Crippen molar-refractivity contribution in [2.24, 2.45) is 22.2 Å². The lowest BCUT2D eigenvalue weighted by molar-refractivity contribution is -0.0837. The third-order valence-electron chi connectivity index (χ3n) is 6.82. The van der Waals surface area contributed by atoms with Gasteiger partial charge in [0.15, 0.2) is 0 Å². The lowest BCUT2D eigenvalue weighted by Crippen LogP contribution is -2.53. The van der Waals surface area contributed by atoms with Crippen LogP contribution in [0.5, 0.6) is 0 Å². The molecular weight excluding hydrogens is 254 g/mol. The summed E-state index contributed by atoms with van der Waals surface area (Å²) in [6.07, 6.45) is 10.2. The normalized spacial score (nSPS) is 26.0. The summed E-state index contributed by atoms with van der Waals surface area (Å²) in [4.78, 5) is 2.78. The first kappa shape index (κ1) is 17.3. The Morgan fingerprint density at radius 1 is 0.810 bits per heavy atom. The highest BCUT2D eigenvalue weighted by Crippen LogP contribution is 2.57. The van der Waals surface area contributed by atoms with Gasteiger partial charge in [0, 0.05) is 6.54 Å². The number of rotatable bonds is 2. The molecule has 0 aromatic rings. The summed E-state index contributed by atoms with van der Waals surface area (Å²) in [5, 5.41) is 0. The second kappa shape index (κ2) is 6.22. The largest absolute Gasteiger partial charge is 0.303 e. The molecule has 0 radical (unpaired) electrons. The summed E-state index contributed by atoms with van der Waals surface area (Å²) in [5.74, 6) is 0.996. The molecule has 1 heterocycles. The molecule has 21 heavy (non-hydrogen) atoms. The number of piperidine rings is 1. The third kappa shape index (κ3) is 3.66. The smallest absolute Gasteiger partial charge is 0.000966 e. The van der Waals surface area contributed by atoms with E-state index in [0.29, 0.717) is 16.2 Å². The van der Waals surface area contributed by atoms with Gasteiger partial charge >= 0.3 is 0 Å². The Morgan fingerprint density at radius 2 is 1.29 bits per heavy atom. The fraction of sp³-hybridized carbons (Fsp3) is 1.00. The van der Waals surface area contributed by atoms with Crippen LogP contribution in [0.2, 0.25) is 0 Å². The first-order valence-electron chi connectivity index (χ1n) is 9.38. The van der Waals surface area contributed by atoms with E-state index in [1.807, 2.05) is 0 Å². The second-order valence-corrected chi connectivity index (χ2v) is 9.89. The van der Waals surface area contributed by atoms with Gasteiger partial charge in [-0.25, -0.2) is 0 Å². The summed E-state index contributed by atoms with van der Waals surface area (Å²) in [6.45, 7) is 18.8. The van der Waals surface area contributed by atoms with Crippen molar-refractivity contribution >= 4 is 0 Å². The van der Waals surface area contributed by atoms with Crippen LogP contribution in [0.3, 0.4) is 0 Å². The third-order valence-corrected chi connectivity index (χ3v) is 6.82. The van der Waals surface area contributed by atoms with Crippen molar-refractivity contribution in [3.63, 3.8) is 0 Å². The summed E-state index contributed by atoms with van der Waals surface area (Å²) in [5.41, 5.74) is 1.30. The van der Waals surface area contributed by atoms with E-state index in [9.17, 15) is 0 Å². The van der Waals surface area contributed by atoms with Gasteiger partial charge in [0.2, 0.25) is 0 Å². The van der Waals surface area contributed by atoms with Crippen LogP contribution in [-0.4, -0.2) is 24.5 Å². The van der Waals surface area contributed by atoms with Gasteiger partial charge in [-0.15, -0.1) is 0 Å². The van der Waals surface area contributed by atoms with Gasteiger partial charge < -0.3 is 4.90 Å². The summed E-state index contributed by atoms with van der Waals surface area (Å²) in [7, 11) is 0. The molecule has 0 bridgehead atoms. The van der Waals surface area contributed by atoms with Gasteiger partial charge in [-0.05, 0) is 60.9 Å². The molecule has 2 aliphatic rings. The molecule has 0 unspecified atom stereocenters. The Hall–Kier alpha value is -0.0400. The number of nitrogens with zero attached hydrogens (tertiary/aromatic N) is 1. The van der Waals surface area contributed by atoms with E-state index in [0.717, 1.165) is 5.92 Å². The Morgan fingerprint density at radius 3 is 1.71 bits per heavy atom. The maximum atomic E-state index is 2.78. The summed E-state index contributed by atoms with van der Waals surface area (Å²) < 4.78 is 0. The second-order valence-electron chi connectivity index (χ2n) is 9.89. The molecule has 1 heteroatoms. The zero-order chi connectivity index (χ0) is 15.7. The van der Waals surface area contributed by atoms with Crippen molar-refractivity contribution in [3.8, 4) is 0 Å². The molecule has 2 rings (SSSR count). The van der Waals surface area contributed by atoms with Gasteiger partial charge in [0.25, 0.3) is 0 Å². The van der Waals surface area contributed by atoms with E-state index >= 15 is 0 Å². The lowest BCUT2D eigenvalue weighted by atomic mass is 9.50. The van der Waals surface area contributed by atoms with Crippen LogP contribution in [-0.2, 0) is 0 Å². The maximum Gasteiger partial charge on any atom is 0.000966 e. The molecule has 2 fully saturated rings. The summed E-state index contributed by atoms with van der Waals surface area (Å²) in [6, 6.07) is 0. The van der Waals surface area contributed by atoms with Crippen LogP contribution >= 0.6 is 0 Å². The highest BCUT2D eigenvalue weighted by molar-refractivity contribution is 5.01. The van der Waals surface area contributed by atoms with E-state index < -0.39 is 0 Å². The monoisotopic (exact) mass is 293 g/mol. The first-order valence-corrected chi connectivity index (χ1v) is 9.38. The maximum absolute atomic E-state index is 2.78. The van der Waals surface area contributed by atoms with Gasteiger partial charge in [0.1, 0.15) is 0 Å². The minimum Gasteiger partial charge on any atom is -0.303 e. The van der Waals surface area contributed by atoms with E-state index in [2.05, 4.69) is 46.4 Å². The molecule has 0 N–H and O–H groups in total. The molecule has 0 atom stereocenters. The van der Waals surface area contributed by atoms with Crippen LogP contribution in [0.25, 0.3) is 0 Å². The Labute approximate surface area is 133 Å². The first-order chi connectivity index (χ1) is 9.66. The molecule has 1 aliphatic carbocycles. The fourth-order valence-corrected chi connectivity index (χ4v) is 5.48. The van der Waals surface area contributed by atoms with Crippen LogP contribution in [0.1, 0.15) is 86.5 Å². The van der Waals surface area contributed by atoms with Crippen molar-refractivity contribution in [3.05, 3.63) is 0 Å². The molecule has 0 aromatic carbocycles. The average Bonchev–Trinajstić information content (AvgIpc) is 2.38. The molecule has 1 saturated carbocycles. The molecule has 1 aliphatic heterocycles. The predicted octanol–water partition coefficient (Wildman–Crippen LogP) is 5.74. The van der Waals surface area contributed by atoms with Crippen molar-refractivity contribution in [2.75, 3.05) is 19.6 Å². The minimum atomic E-state index is 0.405. The molecule has 0 spiro atoms. The van der Waals surface area contributed by atoms with Crippen molar-refractivity contribution in [2.45, 2.75) is 86.5 Å². The van der Waals surface area contributed by atoms with Crippen LogP contribution in [0.4, 0.5) is 0 Å². The zero-order valence-corrected chi connectivity index (χ0v) is 15.6. The quantitative estimate of drug-likeness (QED) is 0.627. The van der Waals surface area contributed by atoms with Crippen LogP contribution < -0.4 is 0 Å². The van der Waals surface area contributed by atoms with E-state index in [1.165, 1.54) is 64.6 Å². The van der Waals surface area contributed by atoms with Crippen molar-refractivity contribution in [1.82, 2.24) is 4.90 Å². The van der Waals surface area contributed by atoms with E-state index in [-0.39, 0.29) is 0 Å². The van der Waals surface area contributed by atoms with Gasteiger partial charge in [-0.3, -0.25) is 0 Å². The molecule has 0 amide bonds. The van der Waals surface area contributed by atoms with Crippen molar-refractivity contribution in [1.29, 1.82) is 0 Å². The Balaban J connectivity index is 1.96. The molecule has 1 saturated heterocycles. The molecular formula is C20H39N. The zero-order valence-electron chi connectivity index (χ0n) is 15.6. The highest BCUT2D eigenvalue weighted by Gasteiger charge is 2.51. The lowest BCUT2D eigenvalue weighted by Gasteiger charge is -2.58. The van der Waals surface area contributed by atoms with Crippen LogP contribution in [0, 0.1) is 22.2 Å². The predicted molar refractivity (Wildman–Crippen MR) is 93.6 cm³/mol. The number of hydrogen-bond acceptors (Lipinski definition) is 1. The number of hydrogen-bond donors (Lipinski definition) is 0. The minimum absolute atomic E-state index is 0.405. The average molecular weight is 294 g/mol. The standard InChI is InChI=1S/C20H39N/c1-18(2,3)20(19(4,5)6)12-14-21(15-13-20)16-17-10-8-7-9-11-17/h17H,7-16H2,1-6H3. The fourth-order valence-electron chi connectivity index (χ4n) is 5.48. The number of likely N-dealkylation sites (tertiary alicyclic amines) is 1. The van der Waals surface area contributed by atoms with Gasteiger partial charge in [0.05, 0.1) is 0 Å².